The molecule has 3 aromatic heterocycles. The van der Waals surface area contributed by atoms with Crippen molar-refractivity contribution in [1.29, 1.82) is 0 Å². The number of fused-ring (bicyclic) bond motifs is 1. The van der Waals surface area contributed by atoms with Gasteiger partial charge in [-0.05, 0) is 42.3 Å². The summed E-state index contributed by atoms with van der Waals surface area (Å²) in [6.45, 7) is 2.16. The number of nitrogen functional groups attached to an aromatic ring is 1. The maximum atomic E-state index is 14.9. The lowest BCUT2D eigenvalue weighted by Crippen LogP contribution is -2.20. The number of carbonyl (C=O) groups is 1. The van der Waals surface area contributed by atoms with Gasteiger partial charge in [-0.2, -0.15) is 5.10 Å². The van der Waals surface area contributed by atoms with E-state index in [4.69, 9.17) is 10.5 Å². The normalized spacial score (nSPS) is 10.9. The Morgan fingerprint density at radius 1 is 1.23 bits per heavy atom. The first-order chi connectivity index (χ1) is 15.0. The molecule has 0 bridgehead atoms. The third kappa shape index (κ3) is 4.14. The number of ether oxygens (including phenoxy) is 1. The number of methoxy groups -OCH3 is 1. The second-order valence-electron chi connectivity index (χ2n) is 6.89. The fraction of sp³-hybridized carbons (Fsp3) is 0.143. The molecule has 0 spiro atoms. The zero-order chi connectivity index (χ0) is 22.0. The molecule has 4 rings (SSSR count). The Kier molecular flexibility index (Phi) is 5.46. The molecular formula is C21H20FN7O2. The van der Waals surface area contributed by atoms with Gasteiger partial charge in [0.05, 0.1) is 12.3 Å². The Bertz CT molecular complexity index is 1270. The predicted octanol–water partition coefficient (Wildman–Crippen LogP) is 3.61. The smallest absolute Gasteiger partial charge is 0.324 e. The molecule has 0 saturated carbocycles. The number of nitrogens with one attached hydrogen (secondary N) is 2. The molecule has 4 N–H and O–H groups in total. The van der Waals surface area contributed by atoms with Crippen LogP contribution in [0.15, 0.2) is 49.1 Å². The molecule has 4 aromatic rings. The topological polar surface area (TPSA) is 119 Å². The summed E-state index contributed by atoms with van der Waals surface area (Å²) >= 11 is 0. The van der Waals surface area contributed by atoms with Gasteiger partial charge in [-0.3, -0.25) is 5.32 Å². The van der Waals surface area contributed by atoms with E-state index >= 15 is 0 Å². The summed E-state index contributed by atoms with van der Waals surface area (Å²) in [6.07, 6.45) is 4.69. The first-order valence-electron chi connectivity index (χ1n) is 9.36. The van der Waals surface area contributed by atoms with Gasteiger partial charge in [0.1, 0.15) is 23.5 Å². The monoisotopic (exact) mass is 421 g/mol. The van der Waals surface area contributed by atoms with Crippen molar-refractivity contribution < 1.29 is 13.9 Å². The van der Waals surface area contributed by atoms with Crippen LogP contribution in [0.25, 0.3) is 16.6 Å². The molecule has 0 radical (unpaired) electrons. The van der Waals surface area contributed by atoms with Gasteiger partial charge in [-0.1, -0.05) is 6.07 Å². The first-order valence-corrected chi connectivity index (χ1v) is 9.36. The molecule has 158 valence electrons. The number of hydrogen-bond donors (Lipinski definition) is 3. The van der Waals surface area contributed by atoms with Crippen LogP contribution in [0, 0.1) is 12.7 Å². The molecule has 9 nitrogen and oxygen atoms in total. The zero-order valence-electron chi connectivity index (χ0n) is 16.9. The van der Waals surface area contributed by atoms with Gasteiger partial charge in [-0.15, -0.1) is 0 Å². The molecule has 0 saturated heterocycles. The standard InChI is InChI=1S/C21H20FN7O2/c1-12-5-6-24-17(7-12)28-21(30)27-16-4-3-13(8-15(16)22)18-14(10-31-2)9-29-19(18)20(23)25-11-26-29/h3-9,11H,10H2,1-2H3,(H2,23,25,26)(H2,24,27,28,30). The highest BCUT2D eigenvalue weighted by Crippen LogP contribution is 2.34. The Morgan fingerprint density at radius 2 is 2.06 bits per heavy atom. The van der Waals surface area contributed by atoms with Gasteiger partial charge in [0, 0.05) is 30.6 Å². The van der Waals surface area contributed by atoms with Crippen LogP contribution in [0.2, 0.25) is 0 Å². The number of carbonyl (C=O) groups excluding carboxylic acids is 1. The van der Waals surface area contributed by atoms with E-state index in [1.807, 2.05) is 13.0 Å². The summed E-state index contributed by atoms with van der Waals surface area (Å²) in [7, 11) is 1.57. The lowest BCUT2D eigenvalue weighted by Gasteiger charge is -2.11. The molecule has 2 amide bonds. The van der Waals surface area contributed by atoms with Crippen molar-refractivity contribution >= 4 is 28.9 Å². The Balaban J connectivity index is 1.64. The zero-order valence-corrected chi connectivity index (χ0v) is 16.9. The summed E-state index contributed by atoms with van der Waals surface area (Å²) in [5, 5.41) is 9.23. The van der Waals surface area contributed by atoms with Crippen molar-refractivity contribution in [2.75, 3.05) is 23.5 Å². The number of anilines is 3. The van der Waals surface area contributed by atoms with Crippen LogP contribution in [0.1, 0.15) is 11.1 Å². The summed E-state index contributed by atoms with van der Waals surface area (Å²) in [4.78, 5) is 20.3. The van der Waals surface area contributed by atoms with Crippen molar-refractivity contribution in [3.8, 4) is 11.1 Å². The van der Waals surface area contributed by atoms with Crippen LogP contribution < -0.4 is 16.4 Å². The van der Waals surface area contributed by atoms with Gasteiger partial charge in [0.2, 0.25) is 0 Å². The SMILES string of the molecule is COCc1cn2ncnc(N)c2c1-c1ccc(NC(=O)Nc2cc(C)ccn2)c(F)c1. The number of rotatable bonds is 5. The molecule has 0 fully saturated rings. The molecule has 0 atom stereocenters. The maximum Gasteiger partial charge on any atom is 0.324 e. The Hall–Kier alpha value is -4.05. The van der Waals surface area contributed by atoms with Crippen LogP contribution in [-0.2, 0) is 11.3 Å². The number of nitrogens with zero attached hydrogens (tertiary/aromatic N) is 4. The summed E-state index contributed by atoms with van der Waals surface area (Å²) < 4.78 is 21.7. The fourth-order valence-corrected chi connectivity index (χ4v) is 3.32. The number of benzene rings is 1. The second kappa shape index (κ2) is 8.36. The van der Waals surface area contributed by atoms with Crippen molar-refractivity contribution in [2.45, 2.75) is 13.5 Å². The van der Waals surface area contributed by atoms with E-state index in [1.165, 1.54) is 18.5 Å². The van der Waals surface area contributed by atoms with E-state index < -0.39 is 11.8 Å². The van der Waals surface area contributed by atoms with Crippen LogP contribution in [0.5, 0.6) is 0 Å². The number of amides is 2. The molecule has 3 heterocycles. The number of hydrogen-bond acceptors (Lipinski definition) is 6. The third-order valence-electron chi connectivity index (χ3n) is 4.64. The largest absolute Gasteiger partial charge is 0.382 e. The minimum absolute atomic E-state index is 0.0231. The summed E-state index contributed by atoms with van der Waals surface area (Å²) in [5.41, 5.74) is 9.56. The van der Waals surface area contributed by atoms with Crippen LogP contribution in [0.3, 0.4) is 0 Å². The Morgan fingerprint density at radius 3 is 2.81 bits per heavy atom. The molecule has 0 aliphatic carbocycles. The fourth-order valence-electron chi connectivity index (χ4n) is 3.32. The van der Waals surface area contributed by atoms with E-state index in [9.17, 15) is 9.18 Å². The van der Waals surface area contributed by atoms with E-state index in [2.05, 4.69) is 25.7 Å². The minimum Gasteiger partial charge on any atom is -0.382 e. The van der Waals surface area contributed by atoms with Crippen LogP contribution in [0.4, 0.5) is 26.5 Å². The second-order valence-corrected chi connectivity index (χ2v) is 6.89. The molecule has 31 heavy (non-hydrogen) atoms. The predicted molar refractivity (Wildman–Crippen MR) is 115 cm³/mol. The highest BCUT2D eigenvalue weighted by molar-refractivity contribution is 5.99. The number of aryl methyl sites for hydroxylation is 1. The molecular weight excluding hydrogens is 401 g/mol. The van der Waals surface area contributed by atoms with Crippen molar-refractivity contribution in [1.82, 2.24) is 19.6 Å². The van der Waals surface area contributed by atoms with E-state index in [1.54, 1.807) is 36.2 Å². The Labute approximate surface area is 177 Å². The van der Waals surface area contributed by atoms with Gasteiger partial charge < -0.3 is 15.8 Å². The van der Waals surface area contributed by atoms with E-state index in [0.29, 0.717) is 22.5 Å². The lowest BCUT2D eigenvalue weighted by molar-refractivity contribution is 0.185. The summed E-state index contributed by atoms with van der Waals surface area (Å²) in [6, 6.07) is 7.40. The van der Waals surface area contributed by atoms with E-state index in [0.717, 1.165) is 11.1 Å². The number of pyridine rings is 1. The molecule has 0 unspecified atom stereocenters. The highest BCUT2D eigenvalue weighted by Gasteiger charge is 2.18. The maximum absolute atomic E-state index is 14.9. The minimum atomic E-state index is -0.608. The van der Waals surface area contributed by atoms with Gasteiger partial charge in [0.15, 0.2) is 5.82 Å². The average molecular weight is 421 g/mol. The quantitative estimate of drug-likeness (QED) is 0.453. The molecule has 1 aromatic carbocycles. The average Bonchev–Trinajstić information content (AvgIpc) is 3.09. The highest BCUT2D eigenvalue weighted by atomic mass is 19.1. The first kappa shape index (κ1) is 20.2. The van der Waals surface area contributed by atoms with Gasteiger partial charge >= 0.3 is 6.03 Å². The third-order valence-corrected chi connectivity index (χ3v) is 4.64. The van der Waals surface area contributed by atoms with Gasteiger partial charge in [-0.25, -0.2) is 23.7 Å². The van der Waals surface area contributed by atoms with Crippen molar-refractivity contribution in [2.24, 2.45) is 0 Å². The van der Waals surface area contributed by atoms with E-state index in [-0.39, 0.29) is 18.1 Å². The number of halogens is 1. The number of aromatic nitrogens is 4. The van der Waals surface area contributed by atoms with Crippen molar-refractivity contribution in [3.05, 3.63) is 66.0 Å². The van der Waals surface area contributed by atoms with Gasteiger partial charge in [0.25, 0.3) is 0 Å². The summed E-state index contributed by atoms with van der Waals surface area (Å²) in [5.74, 6) is 0.0254. The van der Waals surface area contributed by atoms with Crippen molar-refractivity contribution in [3.63, 3.8) is 0 Å². The molecule has 0 aliphatic rings. The number of urea groups is 1. The lowest BCUT2D eigenvalue weighted by atomic mass is 10.0. The molecule has 0 aliphatic heterocycles. The number of nitrogens with two attached hydrogens (primary N) is 1. The van der Waals surface area contributed by atoms with Crippen LogP contribution >= 0.6 is 0 Å². The molecule has 10 heteroatoms. The van der Waals surface area contributed by atoms with Crippen LogP contribution in [-0.4, -0.2) is 32.7 Å².